The third-order valence-corrected chi connectivity index (χ3v) is 3.77. The van der Waals surface area contributed by atoms with Crippen LogP contribution in [0.5, 0.6) is 0 Å². The van der Waals surface area contributed by atoms with Gasteiger partial charge in [0.25, 0.3) is 5.91 Å². The van der Waals surface area contributed by atoms with E-state index in [0.717, 1.165) is 11.4 Å². The summed E-state index contributed by atoms with van der Waals surface area (Å²) in [4.78, 5) is 21.9. The lowest BCUT2D eigenvalue weighted by Crippen LogP contribution is -2.26. The van der Waals surface area contributed by atoms with Crippen LogP contribution in [-0.4, -0.2) is 37.4 Å². The standard InChI is InChI=1S/C12H15BrN6O3/c1-7-6-8(2)18(17-7)5-3-4-14-12(20)10-9(13)11(16-15-10)19(21)22/h6H,3-5H2,1-2H3,(H,14,20)(H,15,16). The van der Waals surface area contributed by atoms with E-state index in [4.69, 9.17) is 0 Å². The zero-order valence-corrected chi connectivity index (χ0v) is 13.7. The first-order valence-corrected chi connectivity index (χ1v) is 7.37. The van der Waals surface area contributed by atoms with Crippen LogP contribution in [0.15, 0.2) is 10.5 Å². The van der Waals surface area contributed by atoms with Crippen LogP contribution in [0.3, 0.4) is 0 Å². The predicted octanol–water partition coefficient (Wildman–Crippen LogP) is 1.71. The van der Waals surface area contributed by atoms with Crippen molar-refractivity contribution in [1.29, 1.82) is 0 Å². The summed E-state index contributed by atoms with van der Waals surface area (Å²) in [5.41, 5.74) is 1.99. The number of amides is 1. The van der Waals surface area contributed by atoms with Crippen LogP contribution in [0.2, 0.25) is 0 Å². The highest BCUT2D eigenvalue weighted by Gasteiger charge is 2.24. The molecule has 0 aromatic carbocycles. The minimum Gasteiger partial charge on any atom is -0.358 e. The molecular weight excluding hydrogens is 356 g/mol. The van der Waals surface area contributed by atoms with Gasteiger partial charge in [0, 0.05) is 18.8 Å². The average molecular weight is 371 g/mol. The number of hydrogen-bond donors (Lipinski definition) is 2. The van der Waals surface area contributed by atoms with E-state index < -0.39 is 10.8 Å². The van der Waals surface area contributed by atoms with Crippen LogP contribution < -0.4 is 5.32 Å². The van der Waals surface area contributed by atoms with Gasteiger partial charge in [0.2, 0.25) is 0 Å². The number of rotatable bonds is 6. The molecule has 2 rings (SSSR count). The number of halogens is 1. The largest absolute Gasteiger partial charge is 0.358 e. The number of hydrogen-bond acceptors (Lipinski definition) is 5. The van der Waals surface area contributed by atoms with Crippen molar-refractivity contribution in [3.8, 4) is 0 Å². The molecule has 0 saturated carbocycles. The Morgan fingerprint density at radius 1 is 1.55 bits per heavy atom. The first-order chi connectivity index (χ1) is 10.4. The maximum atomic E-state index is 11.9. The quantitative estimate of drug-likeness (QED) is 0.455. The molecule has 0 aliphatic rings. The van der Waals surface area contributed by atoms with Gasteiger partial charge in [-0.05, 0) is 47.2 Å². The number of aromatic nitrogens is 4. The van der Waals surface area contributed by atoms with Crippen molar-refractivity contribution in [2.24, 2.45) is 0 Å². The van der Waals surface area contributed by atoms with Gasteiger partial charge in [-0.2, -0.15) is 5.10 Å². The summed E-state index contributed by atoms with van der Waals surface area (Å²) in [6, 6.07) is 1.98. The van der Waals surface area contributed by atoms with Gasteiger partial charge >= 0.3 is 5.82 Å². The summed E-state index contributed by atoms with van der Waals surface area (Å²) in [7, 11) is 0. The minimum absolute atomic E-state index is 0.0298. The van der Waals surface area contributed by atoms with Gasteiger partial charge in [0.1, 0.15) is 4.47 Å². The van der Waals surface area contributed by atoms with Crippen molar-refractivity contribution in [2.75, 3.05) is 6.54 Å². The summed E-state index contributed by atoms with van der Waals surface area (Å²) in [6.07, 6.45) is 0.692. The maximum absolute atomic E-state index is 11.9. The Morgan fingerprint density at radius 3 is 2.82 bits per heavy atom. The van der Waals surface area contributed by atoms with Gasteiger partial charge in [0.05, 0.1) is 5.69 Å². The molecule has 0 aliphatic carbocycles. The smallest absolute Gasteiger partial charge is 0.357 e. The lowest BCUT2D eigenvalue weighted by molar-refractivity contribution is -0.390. The number of nitrogens with one attached hydrogen (secondary N) is 2. The highest BCUT2D eigenvalue weighted by molar-refractivity contribution is 9.10. The number of carbonyl (C=O) groups is 1. The number of aryl methyl sites for hydroxylation is 3. The summed E-state index contributed by atoms with van der Waals surface area (Å²) >= 11 is 3.00. The van der Waals surface area contributed by atoms with E-state index in [0.29, 0.717) is 19.5 Å². The van der Waals surface area contributed by atoms with Gasteiger partial charge in [-0.3, -0.25) is 9.48 Å². The molecule has 2 N–H and O–H groups in total. The molecule has 0 saturated heterocycles. The zero-order valence-electron chi connectivity index (χ0n) is 12.1. The van der Waals surface area contributed by atoms with Crippen molar-refractivity contribution >= 4 is 27.7 Å². The fourth-order valence-corrected chi connectivity index (χ4v) is 2.51. The molecule has 0 radical (unpaired) electrons. The second kappa shape index (κ2) is 6.69. The molecule has 0 unspecified atom stereocenters. The minimum atomic E-state index is -0.642. The van der Waals surface area contributed by atoms with Gasteiger partial charge < -0.3 is 15.4 Å². The van der Waals surface area contributed by atoms with E-state index in [1.165, 1.54) is 0 Å². The Kier molecular flexibility index (Phi) is 4.91. The van der Waals surface area contributed by atoms with Crippen LogP contribution in [0, 0.1) is 24.0 Å². The van der Waals surface area contributed by atoms with Gasteiger partial charge in [-0.25, -0.2) is 0 Å². The lowest BCUT2D eigenvalue weighted by atomic mass is 10.3. The number of nitro groups is 1. The molecule has 0 spiro atoms. The van der Waals surface area contributed by atoms with E-state index in [2.05, 4.69) is 36.5 Å². The topological polar surface area (TPSA) is 119 Å². The Hall–Kier alpha value is -2.23. The number of aromatic amines is 1. The SMILES string of the molecule is Cc1cc(C)n(CCCNC(=O)c2n[nH]c([N+](=O)[O-])c2Br)n1. The van der Waals surface area contributed by atoms with Crippen molar-refractivity contribution in [1.82, 2.24) is 25.3 Å². The number of carbonyl (C=O) groups excluding carboxylic acids is 1. The second-order valence-corrected chi connectivity index (χ2v) is 5.54. The Morgan fingerprint density at radius 2 is 2.27 bits per heavy atom. The van der Waals surface area contributed by atoms with Crippen molar-refractivity contribution in [3.05, 3.63) is 37.7 Å². The van der Waals surface area contributed by atoms with Crippen LogP contribution in [-0.2, 0) is 6.54 Å². The molecular formula is C12H15BrN6O3. The molecule has 9 nitrogen and oxygen atoms in total. The molecule has 0 bridgehead atoms. The molecule has 2 aromatic rings. The molecule has 10 heteroatoms. The maximum Gasteiger partial charge on any atom is 0.357 e. The Labute approximate surface area is 134 Å². The Balaban J connectivity index is 1.86. The van der Waals surface area contributed by atoms with Crippen LogP contribution in [0.4, 0.5) is 5.82 Å². The molecule has 22 heavy (non-hydrogen) atoms. The highest BCUT2D eigenvalue weighted by Crippen LogP contribution is 2.25. The first-order valence-electron chi connectivity index (χ1n) is 6.57. The first kappa shape index (κ1) is 16.1. The molecule has 1 amide bonds. The van der Waals surface area contributed by atoms with E-state index in [1.54, 1.807) is 0 Å². The number of H-pyrrole nitrogens is 1. The fraction of sp³-hybridized carbons (Fsp3) is 0.417. The zero-order chi connectivity index (χ0) is 16.3. The van der Waals surface area contributed by atoms with Crippen LogP contribution in [0.1, 0.15) is 28.3 Å². The Bertz CT molecular complexity index is 708. The lowest BCUT2D eigenvalue weighted by Gasteiger charge is -2.05. The molecule has 118 valence electrons. The summed E-state index contributed by atoms with van der Waals surface area (Å²) in [5.74, 6) is -0.808. The summed E-state index contributed by atoms with van der Waals surface area (Å²) < 4.78 is 1.92. The van der Waals surface area contributed by atoms with E-state index in [1.807, 2.05) is 24.6 Å². The molecule has 2 heterocycles. The van der Waals surface area contributed by atoms with Crippen molar-refractivity contribution in [3.63, 3.8) is 0 Å². The van der Waals surface area contributed by atoms with Gasteiger partial charge in [0.15, 0.2) is 5.69 Å². The third-order valence-electron chi connectivity index (χ3n) is 3.02. The monoisotopic (exact) mass is 370 g/mol. The molecule has 0 aliphatic heterocycles. The van der Waals surface area contributed by atoms with Crippen LogP contribution in [0.25, 0.3) is 0 Å². The van der Waals surface area contributed by atoms with E-state index in [9.17, 15) is 14.9 Å². The highest BCUT2D eigenvalue weighted by atomic mass is 79.9. The number of nitrogens with zero attached hydrogens (tertiary/aromatic N) is 4. The normalized spacial score (nSPS) is 10.7. The molecule has 2 aromatic heterocycles. The fourth-order valence-electron chi connectivity index (χ4n) is 2.01. The van der Waals surface area contributed by atoms with Crippen molar-refractivity contribution < 1.29 is 9.72 Å². The van der Waals surface area contributed by atoms with E-state index in [-0.39, 0.29) is 16.0 Å². The summed E-state index contributed by atoms with van der Waals surface area (Å²) in [5, 5.41) is 23.5. The van der Waals surface area contributed by atoms with Gasteiger partial charge in [-0.1, -0.05) is 5.10 Å². The van der Waals surface area contributed by atoms with Crippen molar-refractivity contribution in [2.45, 2.75) is 26.8 Å². The summed E-state index contributed by atoms with van der Waals surface area (Å²) in [6.45, 7) is 5.00. The molecule has 0 atom stereocenters. The van der Waals surface area contributed by atoms with Gasteiger partial charge in [-0.15, -0.1) is 5.10 Å². The second-order valence-electron chi connectivity index (χ2n) is 4.75. The average Bonchev–Trinajstić information content (AvgIpc) is 2.97. The third kappa shape index (κ3) is 3.50. The molecule has 0 fully saturated rings. The van der Waals surface area contributed by atoms with Crippen LogP contribution >= 0.6 is 15.9 Å². The van der Waals surface area contributed by atoms with E-state index >= 15 is 0 Å². The predicted molar refractivity (Wildman–Crippen MR) is 81.6 cm³/mol.